The summed E-state index contributed by atoms with van der Waals surface area (Å²) in [4.78, 5) is 0. The molecule has 2 nitrogen and oxygen atoms in total. The quantitative estimate of drug-likeness (QED) is 0.810. The fraction of sp³-hybridized carbons (Fsp3) is 0.0769. The van der Waals surface area contributed by atoms with Crippen LogP contribution in [0.3, 0.4) is 0 Å². The van der Waals surface area contributed by atoms with Crippen molar-refractivity contribution in [3.63, 3.8) is 0 Å². The van der Waals surface area contributed by atoms with Gasteiger partial charge in [-0.15, -0.1) is 0 Å². The summed E-state index contributed by atoms with van der Waals surface area (Å²) in [6.07, 6.45) is 0. The van der Waals surface area contributed by atoms with Crippen LogP contribution in [0.2, 0.25) is 5.02 Å². The Kier molecular flexibility index (Phi) is 3.60. The van der Waals surface area contributed by atoms with Crippen molar-refractivity contribution in [1.29, 1.82) is 0 Å². The summed E-state index contributed by atoms with van der Waals surface area (Å²) in [5, 5.41) is 0.599. The Morgan fingerprint density at radius 1 is 1.12 bits per heavy atom. The molecule has 2 rings (SSSR count). The van der Waals surface area contributed by atoms with E-state index in [1.165, 1.54) is 0 Å². The van der Waals surface area contributed by atoms with E-state index in [0.717, 1.165) is 15.8 Å². The van der Waals surface area contributed by atoms with Gasteiger partial charge < -0.3 is 10.5 Å². The van der Waals surface area contributed by atoms with Crippen LogP contribution in [0.15, 0.2) is 40.9 Å². The van der Waals surface area contributed by atoms with Crippen LogP contribution in [0.5, 0.6) is 11.5 Å². The molecule has 2 N–H and O–H groups in total. The number of hydrogen-bond acceptors (Lipinski definition) is 2. The van der Waals surface area contributed by atoms with E-state index >= 15 is 0 Å². The first kappa shape index (κ1) is 12.3. The first-order chi connectivity index (χ1) is 8.06. The van der Waals surface area contributed by atoms with Gasteiger partial charge in [-0.1, -0.05) is 33.6 Å². The number of anilines is 1. The average Bonchev–Trinajstić information content (AvgIpc) is 2.28. The van der Waals surface area contributed by atoms with E-state index < -0.39 is 0 Å². The molecule has 4 heteroatoms. The van der Waals surface area contributed by atoms with Crippen molar-refractivity contribution in [3.05, 3.63) is 51.5 Å². The van der Waals surface area contributed by atoms with E-state index in [9.17, 15) is 0 Å². The number of aryl methyl sites for hydroxylation is 1. The molecule has 0 aromatic heterocycles. The highest BCUT2D eigenvalue weighted by Crippen LogP contribution is 2.33. The topological polar surface area (TPSA) is 35.2 Å². The number of rotatable bonds is 2. The number of ether oxygens (including phenoxy) is 1. The Bertz CT molecular complexity index is 508. The Balaban J connectivity index is 2.37. The maximum Gasteiger partial charge on any atom is 0.151 e. The Morgan fingerprint density at radius 3 is 2.65 bits per heavy atom. The molecule has 2 aromatic rings. The van der Waals surface area contributed by atoms with Crippen LogP contribution < -0.4 is 10.5 Å². The summed E-state index contributed by atoms with van der Waals surface area (Å²) in [7, 11) is 0. The second-order valence-electron chi connectivity index (χ2n) is 3.69. The highest BCUT2D eigenvalue weighted by molar-refractivity contribution is 9.10. The van der Waals surface area contributed by atoms with Crippen molar-refractivity contribution in [2.45, 2.75) is 6.92 Å². The van der Waals surface area contributed by atoms with E-state index in [4.69, 9.17) is 22.1 Å². The van der Waals surface area contributed by atoms with Gasteiger partial charge in [0.25, 0.3) is 0 Å². The third-order valence-electron chi connectivity index (χ3n) is 2.35. The predicted molar refractivity (Wildman–Crippen MR) is 74.8 cm³/mol. The molecule has 0 amide bonds. The van der Waals surface area contributed by atoms with Crippen molar-refractivity contribution >= 4 is 33.2 Å². The van der Waals surface area contributed by atoms with Crippen LogP contribution in [-0.2, 0) is 0 Å². The molecule has 0 aliphatic carbocycles. The zero-order chi connectivity index (χ0) is 12.4. The van der Waals surface area contributed by atoms with E-state index in [1.807, 2.05) is 25.1 Å². The Labute approximate surface area is 113 Å². The fourth-order valence-electron chi connectivity index (χ4n) is 1.40. The molecule has 0 aliphatic rings. The molecule has 88 valence electrons. The van der Waals surface area contributed by atoms with Gasteiger partial charge in [-0.2, -0.15) is 0 Å². The number of benzene rings is 2. The average molecular weight is 313 g/mol. The van der Waals surface area contributed by atoms with E-state index in [2.05, 4.69) is 15.9 Å². The zero-order valence-electron chi connectivity index (χ0n) is 9.21. The van der Waals surface area contributed by atoms with Gasteiger partial charge in [-0.25, -0.2) is 0 Å². The second kappa shape index (κ2) is 4.98. The number of hydrogen-bond donors (Lipinski definition) is 1. The van der Waals surface area contributed by atoms with Gasteiger partial charge in [0.2, 0.25) is 0 Å². The lowest BCUT2D eigenvalue weighted by atomic mass is 10.2. The van der Waals surface area contributed by atoms with Crippen LogP contribution >= 0.6 is 27.5 Å². The molecule has 0 radical (unpaired) electrons. The molecule has 0 saturated carbocycles. The summed E-state index contributed by atoms with van der Waals surface area (Å²) >= 11 is 9.31. The second-order valence-corrected chi connectivity index (χ2v) is 5.05. The minimum absolute atomic E-state index is 0.564. The maximum absolute atomic E-state index is 5.91. The third-order valence-corrected chi connectivity index (χ3v) is 3.07. The minimum atomic E-state index is 0.564. The third kappa shape index (κ3) is 2.93. The van der Waals surface area contributed by atoms with Gasteiger partial charge in [0.1, 0.15) is 5.75 Å². The molecule has 0 bridgehead atoms. The Hall–Kier alpha value is -1.19. The number of nitrogen functional groups attached to an aromatic ring is 1. The number of halogens is 2. The monoisotopic (exact) mass is 311 g/mol. The molecular formula is C13H11BrClNO. The van der Waals surface area contributed by atoms with Crippen molar-refractivity contribution in [2.24, 2.45) is 0 Å². The number of nitrogens with two attached hydrogens (primary N) is 1. The lowest BCUT2D eigenvalue weighted by Gasteiger charge is -2.11. The first-order valence-electron chi connectivity index (χ1n) is 5.05. The fourth-order valence-corrected chi connectivity index (χ4v) is 1.90. The molecule has 17 heavy (non-hydrogen) atoms. The standard InChI is InChI=1S/C13H11BrClNO/c1-8-2-3-9(14)6-12(8)17-13-7-10(15)4-5-11(13)16/h2-7H,16H2,1H3. The van der Waals surface area contributed by atoms with Gasteiger partial charge >= 0.3 is 0 Å². The van der Waals surface area contributed by atoms with Crippen molar-refractivity contribution in [2.75, 3.05) is 5.73 Å². The van der Waals surface area contributed by atoms with Gasteiger partial charge in [-0.3, -0.25) is 0 Å². The van der Waals surface area contributed by atoms with Crippen LogP contribution in [0.25, 0.3) is 0 Å². The maximum atomic E-state index is 5.91. The van der Waals surface area contributed by atoms with E-state index in [0.29, 0.717) is 16.5 Å². The molecule has 0 fully saturated rings. The summed E-state index contributed by atoms with van der Waals surface area (Å²) in [6, 6.07) is 11.0. The van der Waals surface area contributed by atoms with Crippen LogP contribution in [-0.4, -0.2) is 0 Å². The lowest BCUT2D eigenvalue weighted by Crippen LogP contribution is -1.93. The van der Waals surface area contributed by atoms with E-state index in [-0.39, 0.29) is 0 Å². The molecule has 0 heterocycles. The van der Waals surface area contributed by atoms with Crippen molar-refractivity contribution < 1.29 is 4.74 Å². The predicted octanol–water partition coefficient (Wildman–Crippen LogP) is 4.79. The summed E-state index contributed by atoms with van der Waals surface area (Å²) < 4.78 is 6.72. The normalized spacial score (nSPS) is 10.3. The van der Waals surface area contributed by atoms with Gasteiger partial charge in [0.05, 0.1) is 5.69 Å². The summed E-state index contributed by atoms with van der Waals surface area (Å²) in [5.41, 5.74) is 7.43. The largest absolute Gasteiger partial charge is 0.455 e. The molecule has 0 unspecified atom stereocenters. The van der Waals surface area contributed by atoms with Crippen molar-refractivity contribution in [1.82, 2.24) is 0 Å². The van der Waals surface area contributed by atoms with Crippen molar-refractivity contribution in [3.8, 4) is 11.5 Å². The summed E-state index contributed by atoms with van der Waals surface area (Å²) in [5.74, 6) is 1.33. The molecule has 0 saturated heterocycles. The van der Waals surface area contributed by atoms with Crippen LogP contribution in [0.1, 0.15) is 5.56 Å². The SMILES string of the molecule is Cc1ccc(Br)cc1Oc1cc(Cl)ccc1N. The Morgan fingerprint density at radius 2 is 1.88 bits per heavy atom. The highest BCUT2D eigenvalue weighted by Gasteiger charge is 2.06. The van der Waals surface area contributed by atoms with Crippen LogP contribution in [0, 0.1) is 6.92 Å². The summed E-state index contributed by atoms with van der Waals surface area (Å²) in [6.45, 7) is 1.97. The molecule has 2 aromatic carbocycles. The first-order valence-corrected chi connectivity index (χ1v) is 6.22. The minimum Gasteiger partial charge on any atom is -0.455 e. The smallest absolute Gasteiger partial charge is 0.151 e. The van der Waals surface area contributed by atoms with Gasteiger partial charge in [0.15, 0.2) is 5.75 Å². The molecular weight excluding hydrogens is 302 g/mol. The van der Waals surface area contributed by atoms with E-state index in [1.54, 1.807) is 18.2 Å². The molecule has 0 atom stereocenters. The molecule has 0 spiro atoms. The van der Waals surface area contributed by atoms with Crippen LogP contribution in [0.4, 0.5) is 5.69 Å². The van der Waals surface area contributed by atoms with Gasteiger partial charge in [0, 0.05) is 15.6 Å². The van der Waals surface area contributed by atoms with Gasteiger partial charge in [-0.05, 0) is 36.8 Å². The lowest BCUT2D eigenvalue weighted by molar-refractivity contribution is 0.481. The highest BCUT2D eigenvalue weighted by atomic mass is 79.9. The zero-order valence-corrected chi connectivity index (χ0v) is 11.5. The molecule has 0 aliphatic heterocycles.